The Morgan fingerprint density at radius 3 is 2.57 bits per heavy atom. The summed E-state index contributed by atoms with van der Waals surface area (Å²) >= 11 is 0. The molecule has 0 fully saturated rings. The van der Waals surface area contributed by atoms with Gasteiger partial charge in [0.05, 0.1) is 6.04 Å². The Bertz CT molecular complexity index is 646. The molecule has 3 rings (SSSR count). The molecule has 1 aliphatic heterocycles. The first-order valence-electron chi connectivity index (χ1n) is 7.81. The van der Waals surface area contributed by atoms with Crippen LogP contribution >= 0.6 is 0 Å². The molecule has 2 aromatic rings. The lowest BCUT2D eigenvalue weighted by Gasteiger charge is -2.23. The fourth-order valence-electron chi connectivity index (χ4n) is 2.90. The largest absolute Gasteiger partial charge is 0.488 e. The summed E-state index contributed by atoms with van der Waals surface area (Å²) in [6, 6.07) is 17.4. The molecule has 0 unspecified atom stereocenters. The number of ether oxygens (including phenoxy) is 2. The summed E-state index contributed by atoms with van der Waals surface area (Å²) in [7, 11) is 1.55. The predicted molar refractivity (Wildman–Crippen MR) is 88.4 cm³/mol. The van der Waals surface area contributed by atoms with Crippen LogP contribution in [0.25, 0.3) is 0 Å². The van der Waals surface area contributed by atoms with Gasteiger partial charge in [0, 0.05) is 13.5 Å². The van der Waals surface area contributed by atoms with Crippen molar-refractivity contribution in [3.05, 3.63) is 65.7 Å². The van der Waals surface area contributed by atoms with E-state index in [4.69, 9.17) is 9.47 Å². The molecule has 2 aromatic carbocycles. The lowest BCUT2D eigenvalue weighted by molar-refractivity contribution is -0.132. The lowest BCUT2D eigenvalue weighted by atomic mass is 10.0. The summed E-state index contributed by atoms with van der Waals surface area (Å²) in [5.74, 6) is 0.760. The van der Waals surface area contributed by atoms with Gasteiger partial charge < -0.3 is 14.8 Å². The van der Waals surface area contributed by atoms with Crippen molar-refractivity contribution in [2.24, 2.45) is 0 Å². The first-order valence-corrected chi connectivity index (χ1v) is 7.81. The number of benzene rings is 2. The van der Waals surface area contributed by atoms with Crippen LogP contribution in [0.1, 0.15) is 24.2 Å². The highest BCUT2D eigenvalue weighted by atomic mass is 16.5. The summed E-state index contributed by atoms with van der Waals surface area (Å²) < 4.78 is 11.3. The summed E-state index contributed by atoms with van der Waals surface area (Å²) in [6.07, 6.45) is 0.146. The van der Waals surface area contributed by atoms with Crippen molar-refractivity contribution in [2.45, 2.75) is 31.6 Å². The average Bonchev–Trinajstić information content (AvgIpc) is 3.01. The normalized spacial score (nSPS) is 18.6. The third-order valence-electron chi connectivity index (χ3n) is 4.18. The molecule has 3 atom stereocenters. The number of nitrogens with one attached hydrogen (secondary N) is 1. The van der Waals surface area contributed by atoms with Gasteiger partial charge in [-0.25, -0.2) is 0 Å². The third kappa shape index (κ3) is 3.37. The first kappa shape index (κ1) is 15.6. The number of carbonyl (C=O) groups is 1. The Balaban J connectivity index is 1.64. The summed E-state index contributed by atoms with van der Waals surface area (Å²) in [4.78, 5) is 12.5. The van der Waals surface area contributed by atoms with Crippen molar-refractivity contribution in [2.75, 3.05) is 7.11 Å². The first-order chi connectivity index (χ1) is 11.2. The molecule has 0 radical (unpaired) electrons. The van der Waals surface area contributed by atoms with Crippen molar-refractivity contribution >= 4 is 5.91 Å². The Labute approximate surface area is 136 Å². The van der Waals surface area contributed by atoms with Gasteiger partial charge in [-0.1, -0.05) is 48.5 Å². The molecule has 0 saturated carbocycles. The summed E-state index contributed by atoms with van der Waals surface area (Å²) in [5.41, 5.74) is 2.03. The number of hydrogen-bond donors (Lipinski definition) is 1. The molecule has 4 nitrogen and oxygen atoms in total. The SMILES string of the molecule is CO[C@@H](C(=O)N[C@@H](C)[C@@H]1Cc2ccccc2O1)c1ccccc1. The van der Waals surface area contributed by atoms with Gasteiger partial charge in [0.1, 0.15) is 11.9 Å². The second kappa shape index (κ2) is 6.84. The van der Waals surface area contributed by atoms with E-state index in [1.807, 2.05) is 55.5 Å². The molecule has 0 bridgehead atoms. The van der Waals surface area contributed by atoms with E-state index >= 15 is 0 Å². The number of methoxy groups -OCH3 is 1. The number of para-hydroxylation sites is 1. The van der Waals surface area contributed by atoms with Crippen LogP contribution in [0.15, 0.2) is 54.6 Å². The standard InChI is InChI=1S/C19H21NO3/c1-13(17-12-15-10-6-7-11-16(15)23-17)20-19(21)18(22-2)14-8-4-3-5-9-14/h3-11,13,17-18H,12H2,1-2H3,(H,20,21)/t13-,17-,18+/m0/s1. The third-order valence-corrected chi connectivity index (χ3v) is 4.18. The highest BCUT2D eigenvalue weighted by Crippen LogP contribution is 2.29. The molecular formula is C19H21NO3. The molecule has 120 valence electrons. The van der Waals surface area contributed by atoms with E-state index < -0.39 is 6.10 Å². The maximum Gasteiger partial charge on any atom is 0.254 e. The lowest BCUT2D eigenvalue weighted by Crippen LogP contribution is -2.45. The van der Waals surface area contributed by atoms with Crippen molar-refractivity contribution in [3.8, 4) is 5.75 Å². The molecule has 23 heavy (non-hydrogen) atoms. The Morgan fingerprint density at radius 1 is 1.17 bits per heavy atom. The van der Waals surface area contributed by atoms with Gasteiger partial charge in [0.25, 0.3) is 5.91 Å². The number of hydrogen-bond acceptors (Lipinski definition) is 3. The van der Waals surface area contributed by atoms with Gasteiger partial charge >= 0.3 is 0 Å². The zero-order valence-corrected chi connectivity index (χ0v) is 13.4. The summed E-state index contributed by atoms with van der Waals surface area (Å²) in [6.45, 7) is 1.96. The van der Waals surface area contributed by atoms with Crippen LogP contribution in [-0.4, -0.2) is 25.2 Å². The van der Waals surface area contributed by atoms with E-state index in [1.54, 1.807) is 7.11 Å². The van der Waals surface area contributed by atoms with E-state index in [0.29, 0.717) is 0 Å². The topological polar surface area (TPSA) is 47.6 Å². The minimum atomic E-state index is -0.609. The van der Waals surface area contributed by atoms with Gasteiger partial charge in [0.2, 0.25) is 0 Å². The van der Waals surface area contributed by atoms with Crippen LogP contribution in [0.2, 0.25) is 0 Å². The van der Waals surface area contributed by atoms with Crippen molar-refractivity contribution < 1.29 is 14.3 Å². The number of amides is 1. The average molecular weight is 311 g/mol. The van der Waals surface area contributed by atoms with Crippen molar-refractivity contribution in [3.63, 3.8) is 0 Å². The Hall–Kier alpha value is -2.33. The smallest absolute Gasteiger partial charge is 0.254 e. The Kier molecular flexibility index (Phi) is 4.63. The summed E-state index contributed by atoms with van der Waals surface area (Å²) in [5, 5.41) is 3.02. The van der Waals surface area contributed by atoms with Gasteiger partial charge in [0.15, 0.2) is 6.10 Å². The molecule has 0 aliphatic carbocycles. The predicted octanol–water partition coefficient (Wildman–Crippen LogP) is 2.88. The quantitative estimate of drug-likeness (QED) is 0.923. The van der Waals surface area contributed by atoms with Gasteiger partial charge in [-0.05, 0) is 24.1 Å². The fourth-order valence-corrected chi connectivity index (χ4v) is 2.90. The minimum absolute atomic E-state index is 0.0513. The van der Waals surface area contributed by atoms with E-state index in [1.165, 1.54) is 5.56 Å². The zero-order chi connectivity index (χ0) is 16.2. The van der Waals surface area contributed by atoms with Crippen LogP contribution < -0.4 is 10.1 Å². The number of rotatable bonds is 5. The second-order valence-electron chi connectivity index (χ2n) is 5.79. The van der Waals surface area contributed by atoms with Crippen LogP contribution in [0.5, 0.6) is 5.75 Å². The van der Waals surface area contributed by atoms with E-state index in [0.717, 1.165) is 17.7 Å². The fraction of sp³-hybridized carbons (Fsp3) is 0.316. The Morgan fingerprint density at radius 2 is 1.87 bits per heavy atom. The molecule has 1 amide bonds. The molecule has 0 spiro atoms. The van der Waals surface area contributed by atoms with Crippen molar-refractivity contribution in [1.82, 2.24) is 5.32 Å². The maximum atomic E-state index is 12.5. The van der Waals surface area contributed by atoms with Crippen LogP contribution in [0.3, 0.4) is 0 Å². The minimum Gasteiger partial charge on any atom is -0.488 e. The second-order valence-corrected chi connectivity index (χ2v) is 5.79. The highest BCUT2D eigenvalue weighted by molar-refractivity contribution is 5.82. The molecule has 1 aliphatic rings. The molecular weight excluding hydrogens is 290 g/mol. The van der Waals surface area contributed by atoms with Crippen molar-refractivity contribution in [1.29, 1.82) is 0 Å². The van der Waals surface area contributed by atoms with E-state index in [2.05, 4.69) is 11.4 Å². The van der Waals surface area contributed by atoms with Crippen LogP contribution in [0.4, 0.5) is 0 Å². The molecule has 1 N–H and O–H groups in total. The van der Waals surface area contributed by atoms with E-state index in [9.17, 15) is 4.79 Å². The molecule has 1 heterocycles. The molecule has 4 heteroatoms. The highest BCUT2D eigenvalue weighted by Gasteiger charge is 2.30. The monoisotopic (exact) mass is 311 g/mol. The van der Waals surface area contributed by atoms with Crippen LogP contribution in [0, 0.1) is 0 Å². The number of fused-ring (bicyclic) bond motifs is 1. The van der Waals surface area contributed by atoms with Crippen LogP contribution in [-0.2, 0) is 16.0 Å². The van der Waals surface area contributed by atoms with Gasteiger partial charge in [-0.15, -0.1) is 0 Å². The zero-order valence-electron chi connectivity index (χ0n) is 13.4. The number of carbonyl (C=O) groups excluding carboxylic acids is 1. The molecule has 0 saturated heterocycles. The molecule has 0 aromatic heterocycles. The van der Waals surface area contributed by atoms with E-state index in [-0.39, 0.29) is 18.1 Å². The van der Waals surface area contributed by atoms with Gasteiger partial charge in [-0.3, -0.25) is 4.79 Å². The van der Waals surface area contributed by atoms with Gasteiger partial charge in [-0.2, -0.15) is 0 Å². The maximum absolute atomic E-state index is 12.5.